The lowest BCUT2D eigenvalue weighted by atomic mass is 10.3. The van der Waals surface area contributed by atoms with E-state index >= 15 is 0 Å². The van der Waals surface area contributed by atoms with Gasteiger partial charge in [0.2, 0.25) is 5.91 Å². The molecule has 0 atom stereocenters. The second-order valence-corrected chi connectivity index (χ2v) is 6.47. The van der Waals surface area contributed by atoms with Crippen LogP contribution in [0.25, 0.3) is 0 Å². The molecule has 5 nitrogen and oxygen atoms in total. The van der Waals surface area contributed by atoms with Gasteiger partial charge in [-0.05, 0) is 24.3 Å². The van der Waals surface area contributed by atoms with E-state index in [-0.39, 0.29) is 5.91 Å². The van der Waals surface area contributed by atoms with Crippen molar-refractivity contribution in [1.82, 2.24) is 4.90 Å². The summed E-state index contributed by atoms with van der Waals surface area (Å²) >= 11 is 1.46. The topological polar surface area (TPSA) is 53.9 Å². The maximum absolute atomic E-state index is 12.2. The third-order valence-corrected chi connectivity index (χ3v) is 4.67. The smallest absolute Gasteiger partial charge is 0.234 e. The number of rotatable bonds is 4. The number of para-hydroxylation sites is 2. The number of nitrogens with zero attached hydrogens (tertiary/aromatic N) is 2. The number of ether oxygens (including phenoxy) is 1. The van der Waals surface area contributed by atoms with E-state index in [1.807, 2.05) is 60.7 Å². The summed E-state index contributed by atoms with van der Waals surface area (Å²) < 4.78 is 5.42. The maximum atomic E-state index is 12.2. The predicted molar refractivity (Wildman–Crippen MR) is 103 cm³/mol. The van der Waals surface area contributed by atoms with Crippen molar-refractivity contribution in [3.63, 3.8) is 0 Å². The molecule has 1 heterocycles. The van der Waals surface area contributed by atoms with Crippen LogP contribution in [0.3, 0.4) is 0 Å². The molecule has 0 spiro atoms. The van der Waals surface area contributed by atoms with Gasteiger partial charge in [0.15, 0.2) is 5.17 Å². The molecule has 1 saturated heterocycles. The van der Waals surface area contributed by atoms with Crippen molar-refractivity contribution in [2.45, 2.75) is 0 Å². The highest BCUT2D eigenvalue weighted by atomic mass is 32.2. The number of carbonyl (C=O) groups excluding carboxylic acids is 1. The van der Waals surface area contributed by atoms with Crippen molar-refractivity contribution in [2.75, 3.05) is 37.4 Å². The molecule has 2 aromatic rings. The first kappa shape index (κ1) is 17.5. The third-order valence-electron chi connectivity index (χ3n) is 3.65. The molecule has 1 N–H and O–H groups in total. The lowest BCUT2D eigenvalue weighted by molar-refractivity contribution is -0.113. The van der Waals surface area contributed by atoms with E-state index in [2.05, 4.69) is 10.2 Å². The van der Waals surface area contributed by atoms with E-state index in [0.717, 1.165) is 29.6 Å². The molecule has 1 aliphatic heterocycles. The number of hydrogen-bond acceptors (Lipinski definition) is 4. The second-order valence-electron chi connectivity index (χ2n) is 5.53. The fourth-order valence-electron chi connectivity index (χ4n) is 2.41. The Kier molecular flexibility index (Phi) is 6.48. The Morgan fingerprint density at radius 3 is 2.36 bits per heavy atom. The first-order valence-electron chi connectivity index (χ1n) is 8.25. The van der Waals surface area contributed by atoms with Gasteiger partial charge in [-0.2, -0.15) is 0 Å². The fraction of sp³-hybridized carbons (Fsp3) is 0.263. The van der Waals surface area contributed by atoms with Gasteiger partial charge < -0.3 is 15.0 Å². The summed E-state index contributed by atoms with van der Waals surface area (Å²) in [5, 5.41) is 3.77. The molecule has 3 rings (SSSR count). The summed E-state index contributed by atoms with van der Waals surface area (Å²) in [6.45, 7) is 2.95. The Morgan fingerprint density at radius 1 is 1.04 bits per heavy atom. The van der Waals surface area contributed by atoms with Crippen LogP contribution in [0.2, 0.25) is 0 Å². The second kappa shape index (κ2) is 9.25. The zero-order valence-electron chi connectivity index (χ0n) is 13.9. The zero-order valence-corrected chi connectivity index (χ0v) is 14.7. The molecule has 1 aliphatic rings. The van der Waals surface area contributed by atoms with Gasteiger partial charge in [0.1, 0.15) is 0 Å². The molecule has 2 aromatic carbocycles. The van der Waals surface area contributed by atoms with Crippen LogP contribution in [-0.2, 0) is 9.53 Å². The third kappa shape index (κ3) is 5.62. The molecule has 0 bridgehead atoms. The standard InChI is InChI=1S/C19H21N3O2S/c23-18(20-16-7-3-1-4-8-16)15-25-19(22-11-13-24-14-12-22)21-17-9-5-2-6-10-17/h1-10H,11-15H2,(H,20,23). The summed E-state index contributed by atoms with van der Waals surface area (Å²) in [4.78, 5) is 19.1. The molecular formula is C19H21N3O2S. The molecule has 0 aliphatic carbocycles. The van der Waals surface area contributed by atoms with Crippen molar-refractivity contribution in [2.24, 2.45) is 4.99 Å². The van der Waals surface area contributed by atoms with Gasteiger partial charge >= 0.3 is 0 Å². The maximum Gasteiger partial charge on any atom is 0.234 e. The average molecular weight is 355 g/mol. The quantitative estimate of drug-likeness (QED) is 0.675. The van der Waals surface area contributed by atoms with Gasteiger partial charge in [-0.15, -0.1) is 0 Å². The lowest BCUT2D eigenvalue weighted by Gasteiger charge is -2.29. The first-order valence-corrected chi connectivity index (χ1v) is 9.24. The zero-order chi connectivity index (χ0) is 17.3. The van der Waals surface area contributed by atoms with Crippen LogP contribution in [0, 0.1) is 0 Å². The largest absolute Gasteiger partial charge is 0.378 e. The molecule has 0 radical (unpaired) electrons. The lowest BCUT2D eigenvalue weighted by Crippen LogP contribution is -2.39. The van der Waals surface area contributed by atoms with Crippen LogP contribution >= 0.6 is 11.8 Å². The summed E-state index contributed by atoms with van der Waals surface area (Å²) in [5.41, 5.74) is 1.70. The van der Waals surface area contributed by atoms with E-state index < -0.39 is 0 Å². The van der Waals surface area contributed by atoms with Crippen molar-refractivity contribution in [3.05, 3.63) is 60.7 Å². The van der Waals surface area contributed by atoms with Crippen molar-refractivity contribution < 1.29 is 9.53 Å². The Morgan fingerprint density at radius 2 is 1.68 bits per heavy atom. The Balaban J connectivity index is 1.65. The van der Waals surface area contributed by atoms with Crippen molar-refractivity contribution in [1.29, 1.82) is 0 Å². The number of carbonyl (C=O) groups is 1. The highest BCUT2D eigenvalue weighted by Crippen LogP contribution is 2.19. The summed E-state index contributed by atoms with van der Waals surface area (Å²) in [6.07, 6.45) is 0. The van der Waals surface area contributed by atoms with Crippen LogP contribution in [-0.4, -0.2) is 48.0 Å². The van der Waals surface area contributed by atoms with E-state index in [1.54, 1.807) is 0 Å². The molecule has 1 amide bonds. The first-order chi connectivity index (χ1) is 12.3. The van der Waals surface area contributed by atoms with E-state index in [0.29, 0.717) is 19.0 Å². The van der Waals surface area contributed by atoms with E-state index in [4.69, 9.17) is 9.73 Å². The molecule has 6 heteroatoms. The minimum absolute atomic E-state index is 0.0368. The van der Waals surface area contributed by atoms with Crippen LogP contribution in [0.4, 0.5) is 11.4 Å². The Bertz CT molecular complexity index is 701. The number of benzene rings is 2. The van der Waals surface area contributed by atoms with Crippen LogP contribution in [0.15, 0.2) is 65.7 Å². The number of anilines is 1. The van der Waals surface area contributed by atoms with Gasteiger partial charge in [0.05, 0.1) is 24.7 Å². The van der Waals surface area contributed by atoms with E-state index in [1.165, 1.54) is 11.8 Å². The number of nitrogens with one attached hydrogen (secondary N) is 1. The van der Waals surface area contributed by atoms with Crippen LogP contribution < -0.4 is 5.32 Å². The Labute approximate surface area is 152 Å². The molecule has 1 fully saturated rings. The monoisotopic (exact) mass is 355 g/mol. The number of amidine groups is 1. The number of aliphatic imine (C=N–C) groups is 1. The average Bonchev–Trinajstić information content (AvgIpc) is 2.67. The molecule has 25 heavy (non-hydrogen) atoms. The highest BCUT2D eigenvalue weighted by Gasteiger charge is 2.17. The summed E-state index contributed by atoms with van der Waals surface area (Å²) in [7, 11) is 0. The normalized spacial score (nSPS) is 15.0. The number of morpholine rings is 1. The predicted octanol–water partition coefficient (Wildman–Crippen LogP) is 3.38. The van der Waals surface area contributed by atoms with Crippen LogP contribution in [0.5, 0.6) is 0 Å². The Hall–Kier alpha value is -2.31. The number of thioether (sulfide) groups is 1. The number of hydrogen-bond donors (Lipinski definition) is 1. The SMILES string of the molecule is O=C(CSC(=Nc1ccccc1)N1CCOCC1)Nc1ccccc1. The minimum Gasteiger partial charge on any atom is -0.378 e. The summed E-state index contributed by atoms with van der Waals surface area (Å²) in [5.74, 6) is 0.281. The molecule has 130 valence electrons. The van der Waals surface area contributed by atoms with Crippen molar-refractivity contribution >= 4 is 34.2 Å². The minimum atomic E-state index is -0.0368. The van der Waals surface area contributed by atoms with Crippen molar-refractivity contribution in [3.8, 4) is 0 Å². The van der Waals surface area contributed by atoms with Gasteiger partial charge in [0, 0.05) is 18.8 Å². The van der Waals surface area contributed by atoms with E-state index in [9.17, 15) is 4.79 Å². The fourth-order valence-corrected chi connectivity index (χ4v) is 3.28. The van der Waals surface area contributed by atoms with Gasteiger partial charge in [-0.25, -0.2) is 4.99 Å². The van der Waals surface area contributed by atoms with Gasteiger partial charge in [-0.3, -0.25) is 4.79 Å². The van der Waals surface area contributed by atoms with Gasteiger partial charge in [-0.1, -0.05) is 48.2 Å². The highest BCUT2D eigenvalue weighted by molar-refractivity contribution is 8.14. The van der Waals surface area contributed by atoms with Gasteiger partial charge in [0.25, 0.3) is 0 Å². The number of amides is 1. The summed E-state index contributed by atoms with van der Waals surface area (Å²) in [6, 6.07) is 19.3. The molecule has 0 saturated carbocycles. The molecule has 0 aromatic heterocycles. The van der Waals surface area contributed by atoms with Crippen LogP contribution in [0.1, 0.15) is 0 Å². The molecular weight excluding hydrogens is 334 g/mol. The molecule has 0 unspecified atom stereocenters.